The lowest BCUT2D eigenvalue weighted by molar-refractivity contribution is -0.121. The van der Waals surface area contributed by atoms with E-state index < -0.39 is 0 Å². The molecule has 0 unspecified atom stereocenters. The molecule has 0 atom stereocenters. The average molecular weight is 273 g/mol. The van der Waals surface area contributed by atoms with Crippen molar-refractivity contribution in [3.63, 3.8) is 0 Å². The van der Waals surface area contributed by atoms with E-state index >= 15 is 0 Å². The van der Waals surface area contributed by atoms with Crippen LogP contribution in [0.2, 0.25) is 0 Å². The standard InChI is InChI=1S/C14H15N3OS/c15-14-17-12(8-19-14)7-13(18)16-11-5-9-3-1-2-4-10(9)6-11/h1-4,8,11H,5-7H2,(H2,15,17)(H,16,18). The van der Waals surface area contributed by atoms with E-state index in [1.165, 1.54) is 22.5 Å². The largest absolute Gasteiger partial charge is 0.375 e. The Morgan fingerprint density at radius 3 is 2.63 bits per heavy atom. The number of carbonyl (C=O) groups is 1. The van der Waals surface area contributed by atoms with Crippen LogP contribution in [0.5, 0.6) is 0 Å². The van der Waals surface area contributed by atoms with Gasteiger partial charge in [0.25, 0.3) is 0 Å². The second-order valence-corrected chi connectivity index (χ2v) is 5.68. The second kappa shape index (κ2) is 5.01. The summed E-state index contributed by atoms with van der Waals surface area (Å²) in [4.78, 5) is 16.0. The molecule has 1 amide bonds. The molecule has 1 aliphatic carbocycles. The van der Waals surface area contributed by atoms with Crippen LogP contribution in [-0.2, 0) is 24.1 Å². The summed E-state index contributed by atoms with van der Waals surface area (Å²) in [6.07, 6.45) is 2.14. The lowest BCUT2D eigenvalue weighted by Crippen LogP contribution is -2.36. The summed E-state index contributed by atoms with van der Waals surface area (Å²) in [6, 6.07) is 8.55. The van der Waals surface area contributed by atoms with Gasteiger partial charge in [-0.3, -0.25) is 4.79 Å². The van der Waals surface area contributed by atoms with Gasteiger partial charge in [-0.05, 0) is 24.0 Å². The number of rotatable bonds is 3. The molecule has 0 radical (unpaired) electrons. The predicted molar refractivity (Wildman–Crippen MR) is 76.0 cm³/mol. The number of hydrogen-bond acceptors (Lipinski definition) is 4. The minimum Gasteiger partial charge on any atom is -0.375 e. The Morgan fingerprint density at radius 2 is 2.05 bits per heavy atom. The van der Waals surface area contributed by atoms with E-state index in [1.54, 1.807) is 0 Å². The molecule has 1 aliphatic rings. The number of nitrogens with one attached hydrogen (secondary N) is 1. The topological polar surface area (TPSA) is 68.0 Å². The molecule has 0 saturated heterocycles. The van der Waals surface area contributed by atoms with Gasteiger partial charge < -0.3 is 11.1 Å². The van der Waals surface area contributed by atoms with Crippen molar-refractivity contribution in [2.45, 2.75) is 25.3 Å². The fraction of sp³-hybridized carbons (Fsp3) is 0.286. The van der Waals surface area contributed by atoms with Crippen molar-refractivity contribution in [3.05, 3.63) is 46.5 Å². The number of benzene rings is 1. The summed E-state index contributed by atoms with van der Waals surface area (Å²) in [5, 5.41) is 5.41. The zero-order chi connectivity index (χ0) is 13.2. The predicted octanol–water partition coefficient (Wildman–Crippen LogP) is 1.55. The van der Waals surface area contributed by atoms with E-state index in [2.05, 4.69) is 22.4 Å². The number of aromatic nitrogens is 1. The number of nitrogens with two attached hydrogens (primary N) is 1. The van der Waals surface area contributed by atoms with Gasteiger partial charge in [0, 0.05) is 11.4 Å². The van der Waals surface area contributed by atoms with Crippen molar-refractivity contribution in [2.24, 2.45) is 0 Å². The lowest BCUT2D eigenvalue weighted by atomic mass is 10.1. The van der Waals surface area contributed by atoms with Crippen LogP contribution in [-0.4, -0.2) is 16.9 Å². The van der Waals surface area contributed by atoms with E-state index in [1.807, 2.05) is 17.5 Å². The molecule has 5 heteroatoms. The summed E-state index contributed by atoms with van der Waals surface area (Å²) in [5.74, 6) is 0.0168. The van der Waals surface area contributed by atoms with Crippen LogP contribution >= 0.6 is 11.3 Å². The van der Waals surface area contributed by atoms with Crippen molar-refractivity contribution < 1.29 is 4.79 Å². The quantitative estimate of drug-likeness (QED) is 0.891. The third kappa shape index (κ3) is 2.76. The maximum atomic E-state index is 11.9. The van der Waals surface area contributed by atoms with Crippen molar-refractivity contribution in [1.29, 1.82) is 0 Å². The minimum atomic E-state index is 0.0168. The Balaban J connectivity index is 1.57. The van der Waals surface area contributed by atoms with E-state index in [0.717, 1.165) is 18.5 Å². The maximum absolute atomic E-state index is 11.9. The van der Waals surface area contributed by atoms with Crippen LogP contribution in [0, 0.1) is 0 Å². The molecular formula is C14H15N3OS. The fourth-order valence-corrected chi connectivity index (χ4v) is 3.07. The highest BCUT2D eigenvalue weighted by molar-refractivity contribution is 7.13. The van der Waals surface area contributed by atoms with Crippen LogP contribution < -0.4 is 11.1 Å². The number of thiazole rings is 1. The third-order valence-corrected chi connectivity index (χ3v) is 4.05. The van der Waals surface area contributed by atoms with Gasteiger partial charge in [0.1, 0.15) is 0 Å². The molecule has 3 N–H and O–H groups in total. The number of hydrogen-bond donors (Lipinski definition) is 2. The van der Waals surface area contributed by atoms with Gasteiger partial charge in [0.15, 0.2) is 5.13 Å². The van der Waals surface area contributed by atoms with Crippen LogP contribution in [0.3, 0.4) is 0 Å². The molecule has 0 fully saturated rings. The molecule has 3 rings (SSSR count). The van der Waals surface area contributed by atoms with Crippen LogP contribution in [0.25, 0.3) is 0 Å². The molecule has 19 heavy (non-hydrogen) atoms. The van der Waals surface area contributed by atoms with Gasteiger partial charge in [-0.1, -0.05) is 24.3 Å². The van der Waals surface area contributed by atoms with Gasteiger partial charge in [-0.2, -0.15) is 0 Å². The summed E-state index contributed by atoms with van der Waals surface area (Å²) >= 11 is 1.37. The summed E-state index contributed by atoms with van der Waals surface area (Å²) < 4.78 is 0. The zero-order valence-electron chi connectivity index (χ0n) is 10.4. The lowest BCUT2D eigenvalue weighted by Gasteiger charge is -2.11. The highest BCUT2D eigenvalue weighted by atomic mass is 32.1. The Bertz CT molecular complexity index is 583. The highest BCUT2D eigenvalue weighted by Gasteiger charge is 2.22. The van der Waals surface area contributed by atoms with E-state index in [0.29, 0.717) is 11.6 Å². The van der Waals surface area contributed by atoms with Gasteiger partial charge in [0.05, 0.1) is 12.1 Å². The van der Waals surface area contributed by atoms with Crippen LogP contribution in [0.4, 0.5) is 5.13 Å². The van der Waals surface area contributed by atoms with E-state index in [9.17, 15) is 4.79 Å². The first kappa shape index (κ1) is 12.2. The Kier molecular flexibility index (Phi) is 3.21. The Labute approximate surface area is 115 Å². The first-order valence-electron chi connectivity index (χ1n) is 6.27. The molecule has 0 spiro atoms. The molecule has 0 bridgehead atoms. The Morgan fingerprint density at radius 1 is 1.37 bits per heavy atom. The fourth-order valence-electron chi connectivity index (χ4n) is 2.51. The molecule has 1 aromatic heterocycles. The first-order valence-corrected chi connectivity index (χ1v) is 7.14. The zero-order valence-corrected chi connectivity index (χ0v) is 11.2. The molecule has 4 nitrogen and oxygen atoms in total. The molecule has 0 aliphatic heterocycles. The molecule has 2 aromatic rings. The third-order valence-electron chi connectivity index (χ3n) is 3.33. The van der Waals surface area contributed by atoms with Gasteiger partial charge in [-0.25, -0.2) is 4.98 Å². The first-order chi connectivity index (χ1) is 9.20. The SMILES string of the molecule is Nc1nc(CC(=O)NC2Cc3ccccc3C2)cs1. The average Bonchev–Trinajstić information content (AvgIpc) is 2.94. The normalized spacial score (nSPS) is 14.3. The van der Waals surface area contributed by atoms with E-state index in [4.69, 9.17) is 5.73 Å². The van der Waals surface area contributed by atoms with Gasteiger partial charge in [-0.15, -0.1) is 11.3 Å². The minimum absolute atomic E-state index is 0.0168. The summed E-state index contributed by atoms with van der Waals surface area (Å²) in [5.41, 5.74) is 8.97. The van der Waals surface area contributed by atoms with E-state index in [-0.39, 0.29) is 11.9 Å². The summed E-state index contributed by atoms with van der Waals surface area (Å²) in [6.45, 7) is 0. The molecule has 98 valence electrons. The van der Waals surface area contributed by atoms with Gasteiger partial charge in [0.2, 0.25) is 5.91 Å². The molecule has 1 heterocycles. The smallest absolute Gasteiger partial charge is 0.226 e. The maximum Gasteiger partial charge on any atom is 0.226 e. The van der Waals surface area contributed by atoms with Crippen LogP contribution in [0.1, 0.15) is 16.8 Å². The number of carbonyl (C=O) groups excluding carboxylic acids is 1. The number of nitrogens with zero attached hydrogens (tertiary/aromatic N) is 1. The van der Waals surface area contributed by atoms with Crippen molar-refractivity contribution >= 4 is 22.4 Å². The number of anilines is 1. The second-order valence-electron chi connectivity index (χ2n) is 4.80. The number of fused-ring (bicyclic) bond motifs is 1. The molecular weight excluding hydrogens is 258 g/mol. The number of amides is 1. The van der Waals surface area contributed by atoms with Crippen molar-refractivity contribution in [3.8, 4) is 0 Å². The monoisotopic (exact) mass is 273 g/mol. The molecule has 1 aromatic carbocycles. The van der Waals surface area contributed by atoms with Gasteiger partial charge >= 0.3 is 0 Å². The molecule has 0 saturated carbocycles. The highest BCUT2D eigenvalue weighted by Crippen LogP contribution is 2.21. The Hall–Kier alpha value is -1.88. The summed E-state index contributed by atoms with van der Waals surface area (Å²) in [7, 11) is 0. The number of nitrogen functional groups attached to an aromatic ring is 1. The van der Waals surface area contributed by atoms with Crippen molar-refractivity contribution in [1.82, 2.24) is 10.3 Å². The van der Waals surface area contributed by atoms with Crippen molar-refractivity contribution in [2.75, 3.05) is 5.73 Å². The van der Waals surface area contributed by atoms with Crippen LogP contribution in [0.15, 0.2) is 29.6 Å².